The Balaban J connectivity index is 0.954. The number of hydrogen-bond acceptors (Lipinski definition) is 6. The van der Waals surface area contributed by atoms with Gasteiger partial charge in [0.15, 0.2) is 0 Å². The van der Waals surface area contributed by atoms with Crippen LogP contribution in [0.1, 0.15) is 101 Å². The molecular formula is C80H72B2N4OS. The number of fused-ring (bicyclic) bond motifs is 14. The maximum absolute atomic E-state index is 7.78. The van der Waals surface area contributed by atoms with Gasteiger partial charge in [-0.1, -0.05) is 197 Å². The summed E-state index contributed by atoms with van der Waals surface area (Å²) in [5.41, 5.74) is 22.9. The van der Waals surface area contributed by atoms with Crippen molar-refractivity contribution in [1.29, 1.82) is 0 Å². The van der Waals surface area contributed by atoms with Crippen molar-refractivity contribution >= 4 is 113 Å². The molecule has 1 aromatic heterocycles. The first-order valence-electron chi connectivity index (χ1n) is 32.3. The summed E-state index contributed by atoms with van der Waals surface area (Å²) in [5.74, 6) is 0.896. The molecule has 17 rings (SSSR count). The van der Waals surface area contributed by atoms with Crippen LogP contribution in [-0.2, 0) is 17.3 Å². The number of hydrogen-bond donors (Lipinski definition) is 0. The Morgan fingerprint density at radius 2 is 1.08 bits per heavy atom. The van der Waals surface area contributed by atoms with Crippen molar-refractivity contribution in [3.8, 4) is 5.75 Å². The highest BCUT2D eigenvalue weighted by molar-refractivity contribution is 7.31. The van der Waals surface area contributed by atoms with Crippen molar-refractivity contribution in [2.45, 2.75) is 107 Å². The summed E-state index contributed by atoms with van der Waals surface area (Å²) in [4.78, 5) is 10.6. The molecule has 0 N–H and O–H groups in total. The van der Waals surface area contributed by atoms with E-state index in [4.69, 9.17) is 11.3 Å². The Kier molecular flexibility index (Phi) is 12.3. The van der Waals surface area contributed by atoms with Crippen LogP contribution >= 0.6 is 11.3 Å². The lowest BCUT2D eigenvalue weighted by atomic mass is 9.31. The lowest BCUT2D eigenvalue weighted by Gasteiger charge is -2.51. The van der Waals surface area contributed by atoms with Gasteiger partial charge >= 0.3 is 0 Å². The summed E-state index contributed by atoms with van der Waals surface area (Å²) in [6, 6.07) is 69.1. The molecule has 4 atom stereocenters. The van der Waals surface area contributed by atoms with E-state index in [1.165, 1.54) is 113 Å². The van der Waals surface area contributed by atoms with Crippen molar-refractivity contribution in [2.75, 3.05) is 26.2 Å². The van der Waals surface area contributed by atoms with Crippen LogP contribution in [0, 0.1) is 0 Å². The zero-order chi connectivity index (χ0) is 59.1. The maximum atomic E-state index is 7.78. The van der Waals surface area contributed by atoms with E-state index in [-0.39, 0.29) is 35.3 Å². The topological polar surface area (TPSA) is 22.2 Å². The zero-order valence-corrected chi connectivity index (χ0v) is 51.8. The van der Waals surface area contributed by atoms with Crippen molar-refractivity contribution in [2.24, 2.45) is 0 Å². The number of anilines is 9. The summed E-state index contributed by atoms with van der Waals surface area (Å²) < 4.78 is 10.4. The van der Waals surface area contributed by atoms with Gasteiger partial charge in [-0.3, -0.25) is 0 Å². The van der Waals surface area contributed by atoms with E-state index < -0.39 is 0 Å². The molecule has 9 aromatic rings. The average Bonchev–Trinajstić information content (AvgIpc) is 1.29. The Labute approximate surface area is 524 Å². The van der Waals surface area contributed by atoms with E-state index in [0.29, 0.717) is 6.61 Å². The minimum atomic E-state index is -0.269. The fraction of sp³-hybridized carbons (Fsp3) is 0.225. The summed E-state index contributed by atoms with van der Waals surface area (Å²) in [5, 5.41) is 1.30. The van der Waals surface area contributed by atoms with Gasteiger partial charge in [0.1, 0.15) is 12.4 Å². The molecule has 0 saturated heterocycles. The molecule has 2 aliphatic carbocycles. The van der Waals surface area contributed by atoms with Crippen LogP contribution in [0.5, 0.6) is 5.75 Å². The third-order valence-corrected chi connectivity index (χ3v) is 23.8. The van der Waals surface area contributed by atoms with Crippen LogP contribution in [0.2, 0.25) is 0 Å². The highest BCUT2D eigenvalue weighted by Gasteiger charge is 2.60. The zero-order valence-electron chi connectivity index (χ0n) is 51.0. The summed E-state index contributed by atoms with van der Waals surface area (Å²) >= 11 is 1.92. The lowest BCUT2D eigenvalue weighted by Crippen LogP contribution is -2.58. The smallest absolute Gasteiger partial charge is 0.259 e. The van der Waals surface area contributed by atoms with E-state index in [1.807, 2.05) is 11.3 Å². The monoisotopic (exact) mass is 1160 g/mol. The van der Waals surface area contributed by atoms with Gasteiger partial charge in [-0.15, -0.1) is 17.9 Å². The third-order valence-electron chi connectivity index (χ3n) is 22.5. The minimum absolute atomic E-state index is 0.0153. The van der Waals surface area contributed by atoms with E-state index in [1.54, 1.807) is 0 Å². The minimum Gasteiger partial charge on any atom is -0.490 e. The fourth-order valence-electron chi connectivity index (χ4n) is 18.1. The molecule has 0 amide bonds. The first-order valence-corrected chi connectivity index (χ1v) is 33.1. The summed E-state index contributed by atoms with van der Waals surface area (Å²) in [6.45, 7) is 15.5. The molecule has 7 heterocycles. The van der Waals surface area contributed by atoms with Gasteiger partial charge in [0.25, 0.3) is 13.4 Å². The standard InChI is InChI=1S/C80H72B2N4OS/c1-54-49-65-69(43-48-87-72-53-58(85-66-39-21-18-36-62(66)77(2)44-25-27-46-79(77,85)4)50-55-29-11-7-6-8-16-35-61-60-34-17-24-42-73(60)88-76(61)81(54)74(55)72)84(57-32-14-10-15-33-57)71-52-59(86-67-40-22-19-37-63(67)78(3)45-26-28-47-80(78,86)5)51-70-75(71)82(65)64-38-20-23-41-68(64)83(70)56-30-12-9-13-31-56/h6-24,29-34,36-43,49-53H,1,25-28,35,44-48H2,2-5H3/b7-6-,16-8+,29-11-,65-49+,69-43+. The highest BCUT2D eigenvalue weighted by Crippen LogP contribution is 2.63. The number of allylic oxidation sites excluding steroid dienone is 8. The van der Waals surface area contributed by atoms with Crippen LogP contribution in [0.3, 0.4) is 0 Å². The number of thiophene rings is 1. The predicted molar refractivity (Wildman–Crippen MR) is 375 cm³/mol. The molecular weight excluding hydrogens is 1090 g/mol. The molecule has 4 unspecified atom stereocenters. The predicted octanol–water partition coefficient (Wildman–Crippen LogP) is 17.8. The maximum Gasteiger partial charge on any atom is 0.259 e. The Hall–Kier alpha value is -8.71. The Bertz CT molecular complexity index is 4540. The molecule has 0 radical (unpaired) electrons. The van der Waals surface area contributed by atoms with Gasteiger partial charge in [-0.05, 0) is 173 Å². The van der Waals surface area contributed by atoms with Gasteiger partial charge in [-0.25, -0.2) is 0 Å². The largest absolute Gasteiger partial charge is 0.490 e. The molecule has 0 spiro atoms. The van der Waals surface area contributed by atoms with E-state index >= 15 is 0 Å². The molecule has 2 fully saturated rings. The van der Waals surface area contributed by atoms with Crippen LogP contribution in [0.15, 0.2) is 248 Å². The van der Waals surface area contributed by atoms with Crippen molar-refractivity contribution in [3.05, 3.63) is 270 Å². The van der Waals surface area contributed by atoms with Gasteiger partial charge in [0.2, 0.25) is 0 Å². The van der Waals surface area contributed by atoms with E-state index in [0.717, 1.165) is 71.4 Å². The number of benzene rings is 8. The van der Waals surface area contributed by atoms with Gasteiger partial charge in [0.05, 0.1) is 11.1 Å². The quantitative estimate of drug-likeness (QED) is 0.163. The van der Waals surface area contributed by atoms with Gasteiger partial charge in [-0.2, -0.15) is 0 Å². The molecule has 430 valence electrons. The first kappa shape index (κ1) is 53.5. The normalized spacial score (nSPS) is 26.1. The van der Waals surface area contributed by atoms with Crippen molar-refractivity contribution in [1.82, 2.24) is 0 Å². The molecule has 8 aliphatic rings. The van der Waals surface area contributed by atoms with E-state index in [9.17, 15) is 0 Å². The molecule has 8 aromatic carbocycles. The lowest BCUT2D eigenvalue weighted by molar-refractivity contribution is 0.195. The fourth-order valence-corrected chi connectivity index (χ4v) is 19.4. The van der Waals surface area contributed by atoms with Gasteiger partial charge in [0, 0.05) is 78.5 Å². The molecule has 5 nitrogen and oxygen atoms in total. The van der Waals surface area contributed by atoms with Crippen molar-refractivity contribution < 1.29 is 4.74 Å². The average molecular weight is 1160 g/mol. The molecule has 88 heavy (non-hydrogen) atoms. The van der Waals surface area contributed by atoms with Crippen LogP contribution in [0.25, 0.3) is 16.2 Å². The molecule has 2 saturated carbocycles. The molecule has 0 bridgehead atoms. The number of ether oxygens (including phenoxy) is 1. The SMILES string of the molecule is C=C1/C=C2/B3c4ccccc4N(c4ccccc4)c4cc(N5c6ccccc6C6(C)CCCCC56C)cc(c43)N(c3ccccc3)/C2=C/COc2cc(N3c4ccccc4C4(C)CCCCC34C)cc3c2B1c1sc2ccccc2c1C/C=C/C=C\C=C/3. The molecule has 8 heteroatoms. The van der Waals surface area contributed by atoms with Crippen LogP contribution in [0.4, 0.5) is 51.2 Å². The second-order valence-electron chi connectivity index (χ2n) is 26.8. The Morgan fingerprint density at radius 3 is 1.77 bits per heavy atom. The number of para-hydroxylation sites is 5. The van der Waals surface area contributed by atoms with Crippen molar-refractivity contribution in [3.63, 3.8) is 0 Å². The second-order valence-corrected chi connectivity index (χ2v) is 27.9. The summed E-state index contributed by atoms with van der Waals surface area (Å²) in [6.07, 6.45) is 28.6. The third kappa shape index (κ3) is 7.60. The van der Waals surface area contributed by atoms with Crippen LogP contribution in [-0.4, -0.2) is 31.1 Å². The van der Waals surface area contributed by atoms with E-state index in [2.05, 4.69) is 278 Å². The second kappa shape index (κ2) is 20.2. The summed E-state index contributed by atoms with van der Waals surface area (Å²) in [7, 11) is 0. The first-order chi connectivity index (χ1) is 43.1. The number of rotatable bonds is 4. The van der Waals surface area contributed by atoms with Crippen LogP contribution < -0.4 is 45.5 Å². The highest BCUT2D eigenvalue weighted by atomic mass is 32.1. The molecule has 6 aliphatic heterocycles. The number of nitrogens with zero attached hydrogens (tertiary/aromatic N) is 4. The Morgan fingerprint density at radius 1 is 0.511 bits per heavy atom. The van der Waals surface area contributed by atoms with Gasteiger partial charge < -0.3 is 24.3 Å².